The lowest BCUT2D eigenvalue weighted by Crippen LogP contribution is -2.54. The number of piperidine rings is 1. The fraction of sp³-hybridized carbons (Fsp3) is 1.00. The van der Waals surface area contributed by atoms with Crippen molar-refractivity contribution in [1.82, 2.24) is 10.6 Å². The zero-order chi connectivity index (χ0) is 9.57. The molecule has 0 atom stereocenters. The molecule has 2 N–H and O–H groups in total. The number of morpholine rings is 1. The van der Waals surface area contributed by atoms with Gasteiger partial charge < -0.3 is 15.4 Å². The van der Waals surface area contributed by atoms with Crippen LogP contribution in [0.15, 0.2) is 0 Å². The van der Waals surface area contributed by atoms with Crippen molar-refractivity contribution in [2.75, 3.05) is 32.8 Å². The standard InChI is InChI=1S/C8H16N2O.C2H6/c1-3-9-4-2-8(1)7-10-5-6-11-8;1-2/h9-10H,1-7H2;1-2H3. The van der Waals surface area contributed by atoms with E-state index in [1.165, 1.54) is 12.8 Å². The number of ether oxygens (including phenoxy) is 1. The molecule has 1 spiro atoms. The molecule has 2 fully saturated rings. The molecular formula is C10H22N2O. The van der Waals surface area contributed by atoms with E-state index in [0.29, 0.717) is 0 Å². The summed E-state index contributed by atoms with van der Waals surface area (Å²) in [5.74, 6) is 0. The second kappa shape index (κ2) is 5.58. The highest BCUT2D eigenvalue weighted by Gasteiger charge is 2.34. The lowest BCUT2D eigenvalue weighted by atomic mass is 9.91. The van der Waals surface area contributed by atoms with Crippen molar-refractivity contribution in [3.8, 4) is 0 Å². The predicted molar refractivity (Wildman–Crippen MR) is 55.0 cm³/mol. The minimum absolute atomic E-state index is 0.184. The molecule has 0 unspecified atom stereocenters. The molecule has 13 heavy (non-hydrogen) atoms. The van der Waals surface area contributed by atoms with E-state index in [0.717, 1.165) is 32.8 Å². The zero-order valence-electron chi connectivity index (χ0n) is 8.86. The van der Waals surface area contributed by atoms with Crippen LogP contribution in [-0.2, 0) is 4.74 Å². The Morgan fingerprint density at radius 3 is 2.23 bits per heavy atom. The van der Waals surface area contributed by atoms with E-state index in [4.69, 9.17) is 4.74 Å². The number of hydrogen-bond donors (Lipinski definition) is 2. The molecule has 2 rings (SSSR count). The predicted octanol–water partition coefficient (Wildman–Crippen LogP) is 0.755. The van der Waals surface area contributed by atoms with Gasteiger partial charge in [0.25, 0.3) is 0 Å². The quantitative estimate of drug-likeness (QED) is 0.586. The van der Waals surface area contributed by atoms with Gasteiger partial charge in [-0.05, 0) is 25.9 Å². The molecule has 0 aromatic carbocycles. The first-order valence-electron chi connectivity index (χ1n) is 5.47. The van der Waals surface area contributed by atoms with Gasteiger partial charge in [0, 0.05) is 13.1 Å². The molecule has 0 aromatic rings. The molecule has 2 saturated heterocycles. The van der Waals surface area contributed by atoms with Gasteiger partial charge in [-0.2, -0.15) is 0 Å². The summed E-state index contributed by atoms with van der Waals surface area (Å²) < 4.78 is 5.80. The lowest BCUT2D eigenvalue weighted by Gasteiger charge is -2.40. The highest BCUT2D eigenvalue weighted by Crippen LogP contribution is 2.23. The van der Waals surface area contributed by atoms with Crippen LogP contribution in [0, 0.1) is 0 Å². The van der Waals surface area contributed by atoms with Gasteiger partial charge in [-0.1, -0.05) is 13.8 Å². The second-order valence-electron chi connectivity index (χ2n) is 3.46. The summed E-state index contributed by atoms with van der Waals surface area (Å²) in [5, 5.41) is 6.74. The topological polar surface area (TPSA) is 33.3 Å². The molecular weight excluding hydrogens is 164 g/mol. The Labute approximate surface area is 81.2 Å². The van der Waals surface area contributed by atoms with E-state index in [1.807, 2.05) is 13.8 Å². The van der Waals surface area contributed by atoms with Gasteiger partial charge in [0.05, 0.1) is 12.2 Å². The van der Waals surface area contributed by atoms with Gasteiger partial charge in [0.2, 0.25) is 0 Å². The maximum atomic E-state index is 5.80. The van der Waals surface area contributed by atoms with Crippen LogP contribution in [-0.4, -0.2) is 38.4 Å². The molecule has 2 heterocycles. The van der Waals surface area contributed by atoms with Crippen LogP contribution in [0.1, 0.15) is 26.7 Å². The van der Waals surface area contributed by atoms with E-state index in [9.17, 15) is 0 Å². The largest absolute Gasteiger partial charge is 0.372 e. The highest BCUT2D eigenvalue weighted by atomic mass is 16.5. The highest BCUT2D eigenvalue weighted by molar-refractivity contribution is 4.90. The first kappa shape index (κ1) is 11.0. The molecule has 2 aliphatic rings. The smallest absolute Gasteiger partial charge is 0.0831 e. The molecule has 0 bridgehead atoms. The third-order valence-corrected chi connectivity index (χ3v) is 2.65. The van der Waals surface area contributed by atoms with Gasteiger partial charge in [-0.15, -0.1) is 0 Å². The minimum Gasteiger partial charge on any atom is -0.372 e. The maximum Gasteiger partial charge on any atom is 0.0831 e. The zero-order valence-corrected chi connectivity index (χ0v) is 8.86. The monoisotopic (exact) mass is 186 g/mol. The van der Waals surface area contributed by atoms with Crippen molar-refractivity contribution < 1.29 is 4.74 Å². The Morgan fingerprint density at radius 1 is 1.00 bits per heavy atom. The van der Waals surface area contributed by atoms with E-state index in [1.54, 1.807) is 0 Å². The molecule has 0 radical (unpaired) electrons. The summed E-state index contributed by atoms with van der Waals surface area (Å²) >= 11 is 0. The number of nitrogens with one attached hydrogen (secondary N) is 2. The van der Waals surface area contributed by atoms with E-state index >= 15 is 0 Å². The van der Waals surface area contributed by atoms with Crippen LogP contribution in [0.5, 0.6) is 0 Å². The Bertz CT molecular complexity index is 107. The van der Waals surface area contributed by atoms with Crippen molar-refractivity contribution in [3.63, 3.8) is 0 Å². The lowest BCUT2D eigenvalue weighted by molar-refractivity contribution is -0.0832. The Balaban J connectivity index is 0.000000396. The molecule has 0 aromatic heterocycles. The van der Waals surface area contributed by atoms with Crippen molar-refractivity contribution >= 4 is 0 Å². The summed E-state index contributed by atoms with van der Waals surface area (Å²) in [7, 11) is 0. The van der Waals surface area contributed by atoms with E-state index in [2.05, 4.69) is 10.6 Å². The van der Waals surface area contributed by atoms with E-state index in [-0.39, 0.29) is 5.60 Å². The van der Waals surface area contributed by atoms with E-state index < -0.39 is 0 Å². The molecule has 78 valence electrons. The number of hydrogen-bond acceptors (Lipinski definition) is 3. The Kier molecular flexibility index (Phi) is 4.70. The van der Waals surface area contributed by atoms with Gasteiger partial charge in [0.15, 0.2) is 0 Å². The Morgan fingerprint density at radius 2 is 1.69 bits per heavy atom. The summed E-state index contributed by atoms with van der Waals surface area (Å²) in [5.41, 5.74) is 0.184. The van der Waals surface area contributed by atoms with Crippen molar-refractivity contribution in [3.05, 3.63) is 0 Å². The molecule has 0 saturated carbocycles. The third kappa shape index (κ3) is 2.93. The fourth-order valence-electron chi connectivity index (χ4n) is 1.91. The summed E-state index contributed by atoms with van der Waals surface area (Å²) in [6.45, 7) is 9.19. The maximum absolute atomic E-state index is 5.80. The van der Waals surface area contributed by atoms with Crippen LogP contribution in [0.3, 0.4) is 0 Å². The second-order valence-corrected chi connectivity index (χ2v) is 3.46. The molecule has 2 aliphatic heterocycles. The average Bonchev–Trinajstić information content (AvgIpc) is 2.23. The fourth-order valence-corrected chi connectivity index (χ4v) is 1.91. The van der Waals surface area contributed by atoms with Gasteiger partial charge in [-0.25, -0.2) is 0 Å². The summed E-state index contributed by atoms with van der Waals surface area (Å²) in [6.07, 6.45) is 2.33. The van der Waals surface area contributed by atoms with Gasteiger partial charge >= 0.3 is 0 Å². The Hall–Kier alpha value is -0.120. The van der Waals surface area contributed by atoms with Crippen molar-refractivity contribution in [1.29, 1.82) is 0 Å². The molecule has 3 heteroatoms. The minimum atomic E-state index is 0.184. The first-order valence-corrected chi connectivity index (χ1v) is 5.47. The molecule has 0 aliphatic carbocycles. The summed E-state index contributed by atoms with van der Waals surface area (Å²) in [6, 6.07) is 0. The van der Waals surface area contributed by atoms with Crippen LogP contribution >= 0.6 is 0 Å². The average molecular weight is 186 g/mol. The van der Waals surface area contributed by atoms with Crippen LogP contribution in [0.25, 0.3) is 0 Å². The van der Waals surface area contributed by atoms with Crippen LogP contribution in [0.4, 0.5) is 0 Å². The van der Waals surface area contributed by atoms with Crippen molar-refractivity contribution in [2.45, 2.75) is 32.3 Å². The summed E-state index contributed by atoms with van der Waals surface area (Å²) in [4.78, 5) is 0. The third-order valence-electron chi connectivity index (χ3n) is 2.65. The number of rotatable bonds is 0. The normalized spacial score (nSPS) is 26.3. The SMILES string of the molecule is C1CC2(CCN1)CNCCO2.CC. The van der Waals surface area contributed by atoms with Gasteiger partial charge in [-0.3, -0.25) is 0 Å². The van der Waals surface area contributed by atoms with Crippen molar-refractivity contribution in [2.24, 2.45) is 0 Å². The molecule has 0 amide bonds. The first-order chi connectivity index (χ1) is 6.41. The van der Waals surface area contributed by atoms with Gasteiger partial charge in [0.1, 0.15) is 0 Å². The van der Waals surface area contributed by atoms with Crippen LogP contribution in [0.2, 0.25) is 0 Å². The molecule has 3 nitrogen and oxygen atoms in total. The van der Waals surface area contributed by atoms with Crippen LogP contribution < -0.4 is 10.6 Å².